The lowest BCUT2D eigenvalue weighted by atomic mass is 10.0. The summed E-state index contributed by atoms with van der Waals surface area (Å²) in [4.78, 5) is 27.2. The van der Waals surface area contributed by atoms with E-state index in [0.717, 1.165) is 43.4 Å². The van der Waals surface area contributed by atoms with Crippen molar-refractivity contribution < 1.29 is 4.79 Å². The number of amides is 1. The van der Waals surface area contributed by atoms with Crippen LogP contribution in [0.4, 0.5) is 0 Å². The number of aromatic nitrogens is 1. The smallest absolute Gasteiger partial charge is 0.255 e. The number of nitrogens with two attached hydrogens (primary N) is 1. The van der Waals surface area contributed by atoms with E-state index in [1.54, 1.807) is 6.92 Å². The number of hydrogen-bond donors (Lipinski definition) is 2. The summed E-state index contributed by atoms with van der Waals surface area (Å²) in [5, 5.41) is 4.21. The molecule has 1 saturated heterocycles. The zero-order chi connectivity index (χ0) is 20.4. The van der Waals surface area contributed by atoms with Crippen LogP contribution in [0.1, 0.15) is 49.3 Å². The fourth-order valence-corrected chi connectivity index (χ4v) is 4.65. The third-order valence-electron chi connectivity index (χ3n) is 6.50. The third-order valence-corrected chi connectivity index (χ3v) is 6.50. The highest BCUT2D eigenvalue weighted by molar-refractivity contribution is 5.82. The Morgan fingerprint density at radius 3 is 2.52 bits per heavy atom. The van der Waals surface area contributed by atoms with Gasteiger partial charge in [0, 0.05) is 25.2 Å². The van der Waals surface area contributed by atoms with E-state index in [4.69, 9.17) is 5.73 Å². The molecule has 0 bridgehead atoms. The predicted octanol–water partition coefficient (Wildman–Crippen LogP) is 1.94. The van der Waals surface area contributed by atoms with E-state index in [9.17, 15) is 9.59 Å². The standard InChI is InChI=1S/C23H32N4O2/c1-16(22(24)28)25-15-20-13-19-12-17-6-5-7-18(17)14-21(19)27(23(20)29)11-10-26-8-3-2-4-9-26/h12-14,16,25H,2-11,15H2,1H3,(H2,24,28)/t16-/m0/s1. The number of piperidine rings is 1. The molecule has 4 rings (SSSR count). The molecule has 1 aromatic heterocycles. The summed E-state index contributed by atoms with van der Waals surface area (Å²) in [5.41, 5.74) is 9.93. The van der Waals surface area contributed by atoms with Crippen LogP contribution >= 0.6 is 0 Å². The Bertz CT molecular complexity index is 959. The van der Waals surface area contributed by atoms with Crippen LogP contribution in [-0.2, 0) is 30.7 Å². The maximum Gasteiger partial charge on any atom is 0.255 e. The van der Waals surface area contributed by atoms with Crippen molar-refractivity contribution in [3.05, 3.63) is 45.2 Å². The lowest BCUT2D eigenvalue weighted by molar-refractivity contribution is -0.119. The molecule has 0 saturated carbocycles. The van der Waals surface area contributed by atoms with Gasteiger partial charge in [-0.1, -0.05) is 6.42 Å². The Hall–Kier alpha value is -2.18. The number of carbonyl (C=O) groups excluding carboxylic acids is 1. The molecule has 1 aliphatic carbocycles. The maximum absolute atomic E-state index is 13.3. The second kappa shape index (κ2) is 8.67. The fourth-order valence-electron chi connectivity index (χ4n) is 4.65. The number of hydrogen-bond acceptors (Lipinski definition) is 4. The summed E-state index contributed by atoms with van der Waals surface area (Å²) in [7, 11) is 0. The predicted molar refractivity (Wildman–Crippen MR) is 116 cm³/mol. The third kappa shape index (κ3) is 4.38. The van der Waals surface area contributed by atoms with Crippen molar-refractivity contribution in [2.24, 2.45) is 5.73 Å². The van der Waals surface area contributed by atoms with Crippen LogP contribution in [0.3, 0.4) is 0 Å². The minimum absolute atomic E-state index is 0.0385. The molecule has 0 unspecified atom stereocenters. The Balaban J connectivity index is 1.68. The van der Waals surface area contributed by atoms with Gasteiger partial charge >= 0.3 is 0 Å². The number of primary amides is 1. The molecule has 2 heterocycles. The number of pyridine rings is 1. The highest BCUT2D eigenvalue weighted by Gasteiger charge is 2.18. The van der Waals surface area contributed by atoms with Crippen LogP contribution in [0.25, 0.3) is 10.9 Å². The summed E-state index contributed by atoms with van der Waals surface area (Å²) in [6.45, 7) is 5.93. The molecule has 1 atom stereocenters. The summed E-state index contributed by atoms with van der Waals surface area (Å²) in [6.07, 6.45) is 7.21. The molecular weight excluding hydrogens is 364 g/mol. The highest BCUT2D eigenvalue weighted by atomic mass is 16.1. The van der Waals surface area contributed by atoms with Crippen LogP contribution < -0.4 is 16.6 Å². The Labute approximate surface area is 172 Å². The summed E-state index contributed by atoms with van der Waals surface area (Å²) >= 11 is 0. The second-order valence-electron chi connectivity index (χ2n) is 8.57. The van der Waals surface area contributed by atoms with Crippen molar-refractivity contribution in [3.63, 3.8) is 0 Å². The first-order chi connectivity index (χ1) is 14.0. The first kappa shape index (κ1) is 20.1. The van der Waals surface area contributed by atoms with Gasteiger partial charge in [0.25, 0.3) is 5.56 Å². The van der Waals surface area contributed by atoms with Gasteiger partial charge < -0.3 is 20.5 Å². The van der Waals surface area contributed by atoms with Gasteiger partial charge in [0.2, 0.25) is 5.91 Å². The lowest BCUT2D eigenvalue weighted by Crippen LogP contribution is -2.40. The van der Waals surface area contributed by atoms with Crippen molar-refractivity contribution in [2.75, 3.05) is 19.6 Å². The van der Waals surface area contributed by atoms with Gasteiger partial charge in [-0.3, -0.25) is 9.59 Å². The van der Waals surface area contributed by atoms with Crippen LogP contribution in [-0.4, -0.2) is 41.1 Å². The quantitative estimate of drug-likeness (QED) is 0.750. The molecule has 29 heavy (non-hydrogen) atoms. The Kier molecular flexibility index (Phi) is 6.01. The number of aryl methyl sites for hydroxylation is 2. The summed E-state index contributed by atoms with van der Waals surface area (Å²) < 4.78 is 1.95. The van der Waals surface area contributed by atoms with E-state index in [-0.39, 0.29) is 5.56 Å². The molecule has 3 N–H and O–H groups in total. The normalized spacial score (nSPS) is 18.1. The van der Waals surface area contributed by atoms with E-state index < -0.39 is 11.9 Å². The maximum atomic E-state index is 13.3. The zero-order valence-electron chi connectivity index (χ0n) is 17.4. The monoisotopic (exact) mass is 396 g/mol. The molecule has 1 aliphatic heterocycles. The number of rotatable bonds is 7. The van der Waals surface area contributed by atoms with Gasteiger partial charge in [-0.2, -0.15) is 0 Å². The molecule has 1 fully saturated rings. The average Bonchev–Trinajstić information content (AvgIpc) is 3.18. The van der Waals surface area contributed by atoms with Crippen LogP contribution in [0.5, 0.6) is 0 Å². The molecule has 2 aliphatic rings. The van der Waals surface area contributed by atoms with Crippen molar-refractivity contribution in [1.82, 2.24) is 14.8 Å². The Morgan fingerprint density at radius 2 is 1.79 bits per heavy atom. The van der Waals surface area contributed by atoms with Crippen molar-refractivity contribution in [3.8, 4) is 0 Å². The van der Waals surface area contributed by atoms with Crippen molar-refractivity contribution in [1.29, 1.82) is 0 Å². The van der Waals surface area contributed by atoms with Gasteiger partial charge in [0.15, 0.2) is 0 Å². The number of nitrogens with zero attached hydrogens (tertiary/aromatic N) is 2. The number of fused-ring (bicyclic) bond motifs is 2. The van der Waals surface area contributed by atoms with Gasteiger partial charge in [0.1, 0.15) is 0 Å². The topological polar surface area (TPSA) is 80.4 Å². The van der Waals surface area contributed by atoms with Crippen LogP contribution in [0.2, 0.25) is 0 Å². The molecule has 6 heteroatoms. The van der Waals surface area contributed by atoms with E-state index >= 15 is 0 Å². The zero-order valence-corrected chi connectivity index (χ0v) is 17.4. The summed E-state index contributed by atoms with van der Waals surface area (Å²) in [6, 6.07) is 6.02. The highest BCUT2D eigenvalue weighted by Crippen LogP contribution is 2.27. The Morgan fingerprint density at radius 1 is 1.07 bits per heavy atom. The molecule has 156 valence electrons. The van der Waals surface area contributed by atoms with Gasteiger partial charge in [-0.25, -0.2) is 0 Å². The largest absolute Gasteiger partial charge is 0.368 e. The number of benzene rings is 1. The van der Waals surface area contributed by atoms with Crippen LogP contribution in [0.15, 0.2) is 23.0 Å². The van der Waals surface area contributed by atoms with Gasteiger partial charge in [0.05, 0.1) is 11.6 Å². The molecule has 1 amide bonds. The molecule has 0 radical (unpaired) electrons. The van der Waals surface area contributed by atoms with E-state index in [1.165, 1.54) is 36.8 Å². The van der Waals surface area contributed by atoms with Crippen molar-refractivity contribution >= 4 is 16.8 Å². The molecular formula is C23H32N4O2. The number of carbonyl (C=O) groups is 1. The first-order valence-electron chi connectivity index (χ1n) is 11.0. The summed E-state index contributed by atoms with van der Waals surface area (Å²) in [5.74, 6) is -0.408. The average molecular weight is 397 g/mol. The minimum Gasteiger partial charge on any atom is -0.368 e. The fraction of sp³-hybridized carbons (Fsp3) is 0.565. The van der Waals surface area contributed by atoms with E-state index in [1.807, 2.05) is 10.6 Å². The van der Waals surface area contributed by atoms with E-state index in [2.05, 4.69) is 22.3 Å². The molecule has 1 aromatic carbocycles. The number of nitrogens with one attached hydrogen (secondary N) is 1. The number of likely N-dealkylation sites (tertiary alicyclic amines) is 1. The van der Waals surface area contributed by atoms with Crippen LogP contribution in [0, 0.1) is 0 Å². The molecule has 0 spiro atoms. The lowest BCUT2D eigenvalue weighted by Gasteiger charge is -2.27. The second-order valence-corrected chi connectivity index (χ2v) is 8.57. The van der Waals surface area contributed by atoms with Crippen molar-refractivity contribution in [2.45, 2.75) is 64.6 Å². The van der Waals surface area contributed by atoms with Gasteiger partial charge in [-0.05, 0) is 86.8 Å². The van der Waals surface area contributed by atoms with E-state index in [0.29, 0.717) is 18.7 Å². The van der Waals surface area contributed by atoms with Gasteiger partial charge in [-0.15, -0.1) is 0 Å². The SMILES string of the molecule is C[C@H](NCc1cc2cc3c(cc2n(CCN2CCCCC2)c1=O)CCC3)C(N)=O. The molecule has 2 aromatic rings. The minimum atomic E-state index is -0.466. The molecule has 6 nitrogen and oxygen atoms in total. The first-order valence-corrected chi connectivity index (χ1v) is 11.0.